The molecule has 0 spiro atoms. The van der Waals surface area contributed by atoms with Crippen molar-refractivity contribution in [1.29, 1.82) is 0 Å². The van der Waals surface area contributed by atoms with Crippen LogP contribution < -0.4 is 10.1 Å². The van der Waals surface area contributed by atoms with Gasteiger partial charge in [0.1, 0.15) is 6.54 Å². The van der Waals surface area contributed by atoms with Gasteiger partial charge in [0.15, 0.2) is 11.5 Å². The molecule has 1 aliphatic heterocycles. The third-order valence-corrected chi connectivity index (χ3v) is 4.76. The van der Waals surface area contributed by atoms with E-state index in [0.717, 1.165) is 16.7 Å². The largest absolute Gasteiger partial charge is 0.504 e. The molecule has 3 amide bonds. The molecule has 0 radical (unpaired) electrons. The number of para-hydroxylation sites is 2. The van der Waals surface area contributed by atoms with Crippen molar-refractivity contribution < 1.29 is 24.2 Å². The molecule has 2 aromatic carbocycles. The van der Waals surface area contributed by atoms with Gasteiger partial charge in [0.2, 0.25) is 5.91 Å². The second-order valence-corrected chi connectivity index (χ2v) is 6.80. The molecule has 0 unspecified atom stereocenters. The third-order valence-electron chi connectivity index (χ3n) is 3.85. The Kier molecular flexibility index (Phi) is 6.00. The van der Waals surface area contributed by atoms with Crippen molar-refractivity contribution in [3.05, 3.63) is 59.0 Å². The lowest BCUT2D eigenvalue weighted by Crippen LogP contribution is -2.36. The van der Waals surface area contributed by atoms with Gasteiger partial charge >= 0.3 is 0 Å². The van der Waals surface area contributed by atoms with Crippen molar-refractivity contribution in [2.45, 2.75) is 6.92 Å². The Morgan fingerprint density at radius 2 is 1.93 bits per heavy atom. The number of hydrogen-bond donors (Lipinski definition) is 2. The summed E-state index contributed by atoms with van der Waals surface area (Å²) >= 11 is 0.719. The summed E-state index contributed by atoms with van der Waals surface area (Å²) in [5.74, 6) is -0.883. The zero-order valence-electron chi connectivity index (χ0n) is 15.0. The number of phenolic OH excluding ortho intramolecular Hbond substituents is 1. The summed E-state index contributed by atoms with van der Waals surface area (Å²) in [6.45, 7) is 1.78. The van der Waals surface area contributed by atoms with Crippen molar-refractivity contribution in [3.8, 4) is 11.5 Å². The molecule has 8 heteroatoms. The highest BCUT2D eigenvalue weighted by Gasteiger charge is 2.36. The molecule has 1 saturated heterocycles. The molecule has 0 aromatic heterocycles. The molecular formula is C20H18N2O5S. The first-order valence-corrected chi connectivity index (χ1v) is 9.36. The van der Waals surface area contributed by atoms with Gasteiger partial charge in [-0.3, -0.25) is 19.3 Å². The Balaban J connectivity index is 1.74. The van der Waals surface area contributed by atoms with E-state index in [0.29, 0.717) is 17.9 Å². The fraction of sp³-hybridized carbons (Fsp3) is 0.150. The molecule has 0 saturated carbocycles. The molecule has 0 atom stereocenters. The van der Waals surface area contributed by atoms with Crippen molar-refractivity contribution in [2.24, 2.45) is 0 Å². The number of ether oxygens (including phenoxy) is 1. The Morgan fingerprint density at radius 3 is 2.64 bits per heavy atom. The van der Waals surface area contributed by atoms with Gasteiger partial charge in [-0.15, -0.1) is 0 Å². The number of amides is 3. The summed E-state index contributed by atoms with van der Waals surface area (Å²) in [4.78, 5) is 37.9. The molecule has 0 aliphatic carbocycles. The standard InChI is InChI=1S/C20H18N2O5S/c1-2-27-15-10-6-7-13(18(15)24)11-16-19(25)22(20(26)28-16)12-17(23)21-14-8-4-3-5-9-14/h3-11,24H,2,12H2,1H3,(H,21,23)/b16-11-. The van der Waals surface area contributed by atoms with E-state index in [1.165, 1.54) is 6.08 Å². The topological polar surface area (TPSA) is 95.9 Å². The number of carbonyl (C=O) groups is 3. The lowest BCUT2D eigenvalue weighted by Gasteiger charge is -2.12. The predicted octanol–water partition coefficient (Wildman–Crippen LogP) is 3.47. The number of carbonyl (C=O) groups excluding carboxylic acids is 3. The molecule has 0 bridgehead atoms. The number of rotatable bonds is 6. The first-order valence-electron chi connectivity index (χ1n) is 8.54. The van der Waals surface area contributed by atoms with Gasteiger partial charge < -0.3 is 15.2 Å². The molecular weight excluding hydrogens is 380 g/mol. The highest BCUT2D eigenvalue weighted by atomic mass is 32.2. The van der Waals surface area contributed by atoms with Gasteiger partial charge in [0, 0.05) is 11.3 Å². The number of hydrogen-bond acceptors (Lipinski definition) is 6. The van der Waals surface area contributed by atoms with Crippen molar-refractivity contribution in [2.75, 3.05) is 18.5 Å². The first kappa shape index (κ1) is 19.5. The molecule has 1 heterocycles. The summed E-state index contributed by atoms with van der Waals surface area (Å²) in [5, 5.41) is 12.3. The maximum Gasteiger partial charge on any atom is 0.294 e. The zero-order chi connectivity index (χ0) is 20.1. The SMILES string of the molecule is CCOc1cccc(/C=C2\SC(=O)N(CC(=O)Nc3ccccc3)C2=O)c1O. The van der Waals surface area contributed by atoms with E-state index in [2.05, 4.69) is 5.32 Å². The maximum absolute atomic E-state index is 12.6. The van der Waals surface area contributed by atoms with Crippen LogP contribution in [0.5, 0.6) is 11.5 Å². The molecule has 3 rings (SSSR count). The highest BCUT2D eigenvalue weighted by molar-refractivity contribution is 8.18. The Morgan fingerprint density at radius 1 is 1.18 bits per heavy atom. The average molecular weight is 398 g/mol. The number of imide groups is 1. The Labute approximate surface area is 166 Å². The number of nitrogens with zero attached hydrogens (tertiary/aromatic N) is 1. The molecule has 7 nitrogen and oxygen atoms in total. The highest BCUT2D eigenvalue weighted by Crippen LogP contribution is 2.36. The van der Waals surface area contributed by atoms with Crippen LogP contribution in [0.15, 0.2) is 53.4 Å². The minimum Gasteiger partial charge on any atom is -0.504 e. The first-order chi connectivity index (χ1) is 13.5. The number of thioether (sulfide) groups is 1. The van der Waals surface area contributed by atoms with Crippen molar-refractivity contribution >= 4 is 40.6 Å². The molecule has 2 N–H and O–H groups in total. The van der Waals surface area contributed by atoms with Gasteiger partial charge in [-0.2, -0.15) is 0 Å². The molecule has 2 aromatic rings. The number of benzene rings is 2. The van der Waals surface area contributed by atoms with Gasteiger partial charge in [0.05, 0.1) is 11.5 Å². The van der Waals surface area contributed by atoms with Gasteiger partial charge in [-0.1, -0.05) is 30.3 Å². The van der Waals surface area contributed by atoms with Crippen LogP contribution in [-0.2, 0) is 9.59 Å². The number of aromatic hydroxyl groups is 1. The lowest BCUT2D eigenvalue weighted by molar-refractivity contribution is -0.127. The van der Waals surface area contributed by atoms with E-state index in [-0.39, 0.29) is 22.9 Å². The van der Waals surface area contributed by atoms with E-state index in [1.54, 1.807) is 49.4 Å². The molecule has 144 valence electrons. The summed E-state index contributed by atoms with van der Waals surface area (Å²) in [7, 11) is 0. The summed E-state index contributed by atoms with van der Waals surface area (Å²) in [6, 6.07) is 13.6. The van der Waals surface area contributed by atoms with Crippen LogP contribution in [0.25, 0.3) is 6.08 Å². The van der Waals surface area contributed by atoms with Gasteiger partial charge in [-0.25, -0.2) is 0 Å². The fourth-order valence-corrected chi connectivity index (χ4v) is 3.40. The normalized spacial score (nSPS) is 15.2. The van der Waals surface area contributed by atoms with Gasteiger partial charge in [-0.05, 0) is 43.0 Å². The average Bonchev–Trinajstić information content (AvgIpc) is 2.93. The third kappa shape index (κ3) is 4.34. The Hall–Kier alpha value is -3.26. The summed E-state index contributed by atoms with van der Waals surface area (Å²) in [5.41, 5.74) is 0.929. The molecule has 28 heavy (non-hydrogen) atoms. The number of phenols is 1. The van der Waals surface area contributed by atoms with Crippen LogP contribution in [0, 0.1) is 0 Å². The molecule has 1 fully saturated rings. The van der Waals surface area contributed by atoms with E-state index >= 15 is 0 Å². The lowest BCUT2D eigenvalue weighted by atomic mass is 10.1. The van der Waals surface area contributed by atoms with Crippen molar-refractivity contribution in [3.63, 3.8) is 0 Å². The van der Waals surface area contributed by atoms with E-state index in [9.17, 15) is 19.5 Å². The van der Waals surface area contributed by atoms with E-state index < -0.39 is 17.1 Å². The fourth-order valence-electron chi connectivity index (χ4n) is 2.57. The number of nitrogens with one attached hydrogen (secondary N) is 1. The van der Waals surface area contributed by atoms with Gasteiger partial charge in [0.25, 0.3) is 11.1 Å². The Bertz CT molecular complexity index is 943. The predicted molar refractivity (Wildman–Crippen MR) is 107 cm³/mol. The minimum atomic E-state index is -0.584. The quantitative estimate of drug-likeness (QED) is 0.724. The van der Waals surface area contributed by atoms with E-state index in [1.807, 2.05) is 6.07 Å². The van der Waals surface area contributed by atoms with Crippen LogP contribution in [0.1, 0.15) is 12.5 Å². The number of anilines is 1. The zero-order valence-corrected chi connectivity index (χ0v) is 15.9. The second kappa shape index (κ2) is 8.62. The van der Waals surface area contributed by atoms with Crippen molar-refractivity contribution in [1.82, 2.24) is 4.90 Å². The van der Waals surface area contributed by atoms with Crippen LogP contribution in [0.2, 0.25) is 0 Å². The second-order valence-electron chi connectivity index (χ2n) is 5.81. The van der Waals surface area contributed by atoms with Crippen LogP contribution >= 0.6 is 11.8 Å². The van der Waals surface area contributed by atoms with Crippen LogP contribution in [0.3, 0.4) is 0 Å². The maximum atomic E-state index is 12.6. The molecule has 1 aliphatic rings. The summed E-state index contributed by atoms with van der Waals surface area (Å²) < 4.78 is 5.32. The van der Waals surface area contributed by atoms with Crippen LogP contribution in [0.4, 0.5) is 10.5 Å². The monoisotopic (exact) mass is 398 g/mol. The summed E-state index contributed by atoms with van der Waals surface area (Å²) in [6.07, 6.45) is 1.41. The smallest absolute Gasteiger partial charge is 0.294 e. The van der Waals surface area contributed by atoms with E-state index in [4.69, 9.17) is 4.74 Å². The van der Waals surface area contributed by atoms with Crippen LogP contribution in [-0.4, -0.2) is 40.2 Å². The minimum absolute atomic E-state index is 0.113.